The van der Waals surface area contributed by atoms with Crippen molar-refractivity contribution in [2.45, 2.75) is 0 Å². The Balaban J connectivity index is 0.000000186. The van der Waals surface area contributed by atoms with E-state index in [1.165, 1.54) is 16.8 Å². The Morgan fingerprint density at radius 3 is 2.00 bits per heavy atom. The molecule has 14 heteroatoms. The van der Waals surface area contributed by atoms with Crippen LogP contribution >= 0.6 is 34.8 Å². The lowest BCUT2D eigenvalue weighted by Crippen LogP contribution is -2.12. The van der Waals surface area contributed by atoms with Crippen molar-refractivity contribution in [1.82, 2.24) is 9.78 Å². The molecule has 40 heavy (non-hydrogen) atoms. The Morgan fingerprint density at radius 2 is 1.38 bits per heavy atom. The summed E-state index contributed by atoms with van der Waals surface area (Å²) in [6.07, 6.45) is 0. The van der Waals surface area contributed by atoms with E-state index in [1.54, 1.807) is 36.4 Å². The van der Waals surface area contributed by atoms with Gasteiger partial charge in [-0.2, -0.15) is 5.10 Å². The maximum Gasteiger partial charge on any atom is 0.256 e. The van der Waals surface area contributed by atoms with Crippen LogP contribution in [0.4, 0.5) is 28.9 Å². The Kier molecular flexibility index (Phi) is 8.81. The van der Waals surface area contributed by atoms with Crippen LogP contribution in [0.15, 0.2) is 77.9 Å². The number of anilines is 1. The molecule has 0 radical (unpaired) electrons. The lowest BCUT2D eigenvalue weighted by Gasteiger charge is -2.08. The third-order valence-electron chi connectivity index (χ3n) is 5.26. The number of carbonyl (C=O) groups excluding carboxylic acids is 1. The number of nitrogens with zero attached hydrogens (tertiary/aromatic N) is 5. The lowest BCUT2D eigenvalue weighted by atomic mass is 10.1. The SMILES string of the molecule is Fc1cc2nn(-c3ccc(Cl)cc3)c(Cl)c2cc1F.[N-]=[N+]=Nc1cc(F)c(F)cc1C(=O)Nc1ccc(Cl)cc1. The molecular formula is C26H13Cl3F4N6O. The molecule has 1 aromatic heterocycles. The lowest BCUT2D eigenvalue weighted by molar-refractivity contribution is 0.102. The van der Waals surface area contributed by atoms with Gasteiger partial charge in [-0.25, -0.2) is 22.2 Å². The average molecular weight is 608 g/mol. The van der Waals surface area contributed by atoms with Crippen molar-refractivity contribution in [3.8, 4) is 5.69 Å². The summed E-state index contributed by atoms with van der Waals surface area (Å²) in [5, 5.41) is 11.4. The minimum Gasteiger partial charge on any atom is -0.322 e. The quantitative estimate of drug-likeness (QED) is 0.0953. The van der Waals surface area contributed by atoms with Gasteiger partial charge in [-0.1, -0.05) is 39.9 Å². The van der Waals surface area contributed by atoms with E-state index in [0.717, 1.165) is 12.1 Å². The van der Waals surface area contributed by atoms with E-state index in [2.05, 4.69) is 20.4 Å². The van der Waals surface area contributed by atoms with Gasteiger partial charge in [0.05, 0.1) is 22.5 Å². The summed E-state index contributed by atoms with van der Waals surface area (Å²) in [5.41, 5.74) is 9.18. The fourth-order valence-corrected chi connectivity index (χ4v) is 3.92. The molecular weight excluding hydrogens is 595 g/mol. The molecule has 1 heterocycles. The minimum atomic E-state index is -1.21. The van der Waals surface area contributed by atoms with Crippen LogP contribution in [0.3, 0.4) is 0 Å². The molecule has 5 rings (SSSR count). The van der Waals surface area contributed by atoms with Crippen molar-refractivity contribution in [3.63, 3.8) is 0 Å². The highest BCUT2D eigenvalue weighted by Gasteiger charge is 2.16. The van der Waals surface area contributed by atoms with Gasteiger partial charge in [0.15, 0.2) is 23.3 Å². The zero-order valence-corrected chi connectivity index (χ0v) is 22.0. The second-order valence-corrected chi connectivity index (χ2v) is 9.13. The van der Waals surface area contributed by atoms with Gasteiger partial charge in [0.2, 0.25) is 0 Å². The van der Waals surface area contributed by atoms with Crippen molar-refractivity contribution in [2.75, 3.05) is 5.32 Å². The van der Waals surface area contributed by atoms with Crippen LogP contribution < -0.4 is 5.32 Å². The fraction of sp³-hybridized carbons (Fsp3) is 0. The summed E-state index contributed by atoms with van der Waals surface area (Å²) >= 11 is 17.6. The fourth-order valence-electron chi connectivity index (χ4n) is 3.38. The molecule has 0 saturated heterocycles. The maximum absolute atomic E-state index is 13.2. The number of fused-ring (bicyclic) bond motifs is 1. The summed E-state index contributed by atoms with van der Waals surface area (Å²) in [4.78, 5) is 14.5. The van der Waals surface area contributed by atoms with Crippen molar-refractivity contribution < 1.29 is 22.4 Å². The van der Waals surface area contributed by atoms with Crippen LogP contribution in [0.1, 0.15) is 10.4 Å². The number of hydrogen-bond donors (Lipinski definition) is 1. The van der Waals surface area contributed by atoms with Crippen molar-refractivity contribution in [3.05, 3.63) is 127 Å². The van der Waals surface area contributed by atoms with Crippen LogP contribution in [0.2, 0.25) is 15.2 Å². The van der Waals surface area contributed by atoms with E-state index in [-0.39, 0.29) is 16.4 Å². The van der Waals surface area contributed by atoms with Gasteiger partial charge < -0.3 is 5.32 Å². The van der Waals surface area contributed by atoms with Gasteiger partial charge in [0, 0.05) is 32.1 Å². The summed E-state index contributed by atoms with van der Waals surface area (Å²) in [5.74, 6) is -5.07. The number of amides is 1. The third kappa shape index (κ3) is 6.47. The number of carbonyl (C=O) groups is 1. The van der Waals surface area contributed by atoms with Crippen LogP contribution in [-0.2, 0) is 0 Å². The summed E-state index contributed by atoms with van der Waals surface area (Å²) in [6.45, 7) is 0. The molecule has 0 bridgehead atoms. The molecule has 0 fully saturated rings. The predicted octanol–water partition coefficient (Wildman–Crippen LogP) is 9.42. The first kappa shape index (κ1) is 28.7. The predicted molar refractivity (Wildman–Crippen MR) is 146 cm³/mol. The van der Waals surface area contributed by atoms with Gasteiger partial charge >= 0.3 is 0 Å². The average Bonchev–Trinajstić information content (AvgIpc) is 3.23. The Labute approximate surface area is 238 Å². The third-order valence-corrected chi connectivity index (χ3v) is 6.13. The highest BCUT2D eigenvalue weighted by Crippen LogP contribution is 2.29. The standard InChI is InChI=1S/C13H6Cl2F2N2.C13H7ClF2N4O/c14-7-1-3-8(4-2-7)19-13(15)9-5-10(16)11(17)6-12(9)18-19;14-7-1-3-8(4-2-7)18-13(21)9-5-10(15)11(16)6-12(9)19-20-17/h1-6H;1-6H,(H,18,21). The molecule has 0 unspecified atom stereocenters. The molecule has 1 N–H and O–H groups in total. The van der Waals surface area contributed by atoms with Crippen molar-refractivity contribution in [2.24, 2.45) is 5.11 Å². The first-order valence-electron chi connectivity index (χ1n) is 11.0. The molecule has 0 atom stereocenters. The molecule has 0 aliphatic carbocycles. The van der Waals surface area contributed by atoms with Crippen LogP contribution in [-0.4, -0.2) is 15.7 Å². The van der Waals surface area contributed by atoms with Crippen molar-refractivity contribution >= 4 is 63.0 Å². The molecule has 4 aromatic carbocycles. The number of benzene rings is 4. The van der Waals surface area contributed by atoms with E-state index < -0.39 is 29.2 Å². The smallest absolute Gasteiger partial charge is 0.256 e. The largest absolute Gasteiger partial charge is 0.322 e. The number of hydrogen-bond acceptors (Lipinski definition) is 3. The van der Waals surface area contributed by atoms with E-state index in [4.69, 9.17) is 40.3 Å². The van der Waals surface area contributed by atoms with Crippen LogP contribution in [0.25, 0.3) is 27.0 Å². The topological polar surface area (TPSA) is 95.7 Å². The normalized spacial score (nSPS) is 10.5. The van der Waals surface area contributed by atoms with Gasteiger partial charge in [0.1, 0.15) is 5.15 Å². The van der Waals surface area contributed by atoms with Crippen molar-refractivity contribution in [1.29, 1.82) is 0 Å². The molecule has 0 spiro atoms. The number of rotatable bonds is 4. The molecule has 0 saturated carbocycles. The maximum atomic E-state index is 13.2. The minimum absolute atomic E-state index is 0.219. The molecule has 7 nitrogen and oxygen atoms in total. The Morgan fingerprint density at radius 1 is 0.825 bits per heavy atom. The highest BCUT2D eigenvalue weighted by atomic mass is 35.5. The second kappa shape index (κ2) is 12.3. The molecule has 0 aliphatic rings. The van der Waals surface area contributed by atoms with E-state index in [1.807, 2.05) is 0 Å². The number of nitrogens with one attached hydrogen (secondary N) is 1. The van der Waals surface area contributed by atoms with Crippen LogP contribution in [0, 0.1) is 23.3 Å². The van der Waals surface area contributed by atoms with Gasteiger partial charge in [-0.15, -0.1) is 0 Å². The number of halogens is 7. The van der Waals surface area contributed by atoms with Crippen LogP contribution in [0.5, 0.6) is 0 Å². The molecule has 5 aromatic rings. The summed E-state index contributed by atoms with van der Waals surface area (Å²) in [6, 6.07) is 16.3. The molecule has 1 amide bonds. The monoisotopic (exact) mass is 606 g/mol. The molecule has 202 valence electrons. The highest BCUT2D eigenvalue weighted by molar-refractivity contribution is 6.34. The first-order valence-corrected chi connectivity index (χ1v) is 12.1. The van der Waals surface area contributed by atoms with E-state index >= 15 is 0 Å². The summed E-state index contributed by atoms with van der Waals surface area (Å²) < 4.78 is 54.1. The zero-order chi connectivity index (χ0) is 29.0. The second-order valence-electron chi connectivity index (χ2n) is 7.90. The zero-order valence-electron chi connectivity index (χ0n) is 19.7. The number of aromatic nitrogens is 2. The van der Waals surface area contributed by atoms with Gasteiger partial charge in [-0.05, 0) is 72.3 Å². The van der Waals surface area contributed by atoms with E-state index in [0.29, 0.717) is 44.5 Å². The Bertz CT molecular complexity index is 1770. The van der Waals surface area contributed by atoms with Gasteiger partial charge in [0.25, 0.3) is 5.91 Å². The Hall–Kier alpha value is -4.28. The van der Waals surface area contributed by atoms with Gasteiger partial charge in [-0.3, -0.25) is 4.79 Å². The van der Waals surface area contributed by atoms with E-state index in [9.17, 15) is 22.4 Å². The molecule has 0 aliphatic heterocycles. The first-order chi connectivity index (χ1) is 19.1. The number of azide groups is 1. The summed E-state index contributed by atoms with van der Waals surface area (Å²) in [7, 11) is 0.